The highest BCUT2D eigenvalue weighted by molar-refractivity contribution is 7.85. The fourth-order valence-corrected chi connectivity index (χ4v) is 4.81. The Morgan fingerprint density at radius 3 is 2.69 bits per heavy atom. The van der Waals surface area contributed by atoms with Gasteiger partial charge in [-0.1, -0.05) is 0 Å². The molecule has 2 aliphatic rings. The number of hydrogen-bond acceptors (Lipinski definition) is 13. The summed E-state index contributed by atoms with van der Waals surface area (Å²) in [5, 5.41) is 18.9. The average molecular weight is 522 g/mol. The van der Waals surface area contributed by atoms with Crippen molar-refractivity contribution in [3.05, 3.63) is 36.4 Å². The second-order valence-corrected chi connectivity index (χ2v) is 9.93. The number of imidazole rings is 1. The maximum Gasteiger partial charge on any atom is 0.362 e. The van der Waals surface area contributed by atoms with E-state index in [-0.39, 0.29) is 11.4 Å². The summed E-state index contributed by atoms with van der Waals surface area (Å²) in [6.45, 7) is 2.90. The van der Waals surface area contributed by atoms with Gasteiger partial charge in [0.15, 0.2) is 35.0 Å². The number of aromatic hydroxyl groups is 2. The number of phenols is 2. The van der Waals surface area contributed by atoms with Crippen molar-refractivity contribution in [3.63, 3.8) is 0 Å². The van der Waals surface area contributed by atoms with Crippen LogP contribution in [0.4, 0.5) is 5.82 Å². The van der Waals surface area contributed by atoms with Gasteiger partial charge >= 0.3 is 10.3 Å². The number of fused-ring (bicyclic) bond motifs is 2. The summed E-state index contributed by atoms with van der Waals surface area (Å²) in [6, 6.07) is 3.08. The topological polar surface area (TPSA) is 210 Å². The molecule has 3 aromatic rings. The van der Waals surface area contributed by atoms with Crippen LogP contribution in [-0.4, -0.2) is 74.8 Å². The largest absolute Gasteiger partial charge is 0.504 e. The van der Waals surface area contributed by atoms with Gasteiger partial charge in [-0.3, -0.25) is 13.5 Å². The van der Waals surface area contributed by atoms with Crippen molar-refractivity contribution in [2.45, 2.75) is 44.2 Å². The van der Waals surface area contributed by atoms with E-state index >= 15 is 0 Å². The second kappa shape index (κ2) is 8.52. The summed E-state index contributed by atoms with van der Waals surface area (Å²) >= 11 is 0. The molecule has 4 atom stereocenters. The van der Waals surface area contributed by atoms with Crippen LogP contribution in [0, 0.1) is 0 Å². The number of benzene rings is 1. The predicted octanol–water partition coefficient (Wildman–Crippen LogP) is -0.0714. The number of aromatic nitrogens is 4. The Labute approximate surface area is 204 Å². The number of carbonyl (C=O) groups excluding carboxylic acids is 1. The first-order valence-electron chi connectivity index (χ1n) is 10.6. The zero-order valence-corrected chi connectivity index (χ0v) is 19.7. The third-order valence-corrected chi connectivity index (χ3v) is 6.51. The molecule has 15 nitrogen and oxygen atoms in total. The number of nitrogens with zero attached hydrogens (tertiary/aromatic N) is 4. The second-order valence-electron chi connectivity index (χ2n) is 8.59. The Hall–Kier alpha value is -3.57. The first-order chi connectivity index (χ1) is 16.9. The van der Waals surface area contributed by atoms with Gasteiger partial charge in [-0.15, -0.1) is 0 Å². The summed E-state index contributed by atoms with van der Waals surface area (Å²) in [5.74, 6) is -2.93. The SMILES string of the molecule is CC1(C)O[C@@H]2[C@H](O1)[C@@H](COS(=O)(=O)NC(=O)c1ccc(O)c(O)c1)O[C@H]2n1cnc2c(N)ncnc21. The Morgan fingerprint density at radius 2 is 1.94 bits per heavy atom. The molecule has 192 valence electrons. The number of anilines is 1. The molecule has 0 radical (unpaired) electrons. The van der Waals surface area contributed by atoms with Crippen LogP contribution in [0.25, 0.3) is 11.2 Å². The minimum Gasteiger partial charge on any atom is -0.504 e. The number of amides is 1. The van der Waals surface area contributed by atoms with E-state index in [1.807, 2.05) is 0 Å². The molecule has 1 aromatic carbocycles. The maximum absolute atomic E-state index is 12.4. The minimum absolute atomic E-state index is 0.181. The highest BCUT2D eigenvalue weighted by atomic mass is 32.2. The van der Waals surface area contributed by atoms with Crippen molar-refractivity contribution >= 4 is 33.2 Å². The molecule has 2 saturated heterocycles. The van der Waals surface area contributed by atoms with Crippen LogP contribution >= 0.6 is 0 Å². The first kappa shape index (κ1) is 24.1. The lowest BCUT2D eigenvalue weighted by Gasteiger charge is -2.24. The lowest BCUT2D eigenvalue weighted by molar-refractivity contribution is -0.198. The van der Waals surface area contributed by atoms with E-state index in [1.165, 1.54) is 12.7 Å². The molecule has 0 saturated carbocycles. The van der Waals surface area contributed by atoms with Crippen LogP contribution in [0.5, 0.6) is 11.5 Å². The van der Waals surface area contributed by atoms with Crippen molar-refractivity contribution in [2.75, 3.05) is 12.3 Å². The predicted molar refractivity (Wildman–Crippen MR) is 120 cm³/mol. The molecule has 5 rings (SSSR count). The Bertz CT molecular complexity index is 1440. The van der Waals surface area contributed by atoms with Gasteiger partial charge in [0.1, 0.15) is 30.2 Å². The van der Waals surface area contributed by atoms with Crippen molar-refractivity contribution in [1.29, 1.82) is 0 Å². The molecule has 0 unspecified atom stereocenters. The summed E-state index contributed by atoms with van der Waals surface area (Å²) < 4.78 is 51.2. The summed E-state index contributed by atoms with van der Waals surface area (Å²) in [4.78, 5) is 24.6. The number of phenolic OH excluding ortho intramolecular Hbond substituents is 2. The van der Waals surface area contributed by atoms with Gasteiger partial charge in [0, 0.05) is 5.56 Å². The number of hydrogen-bond donors (Lipinski definition) is 4. The van der Waals surface area contributed by atoms with Crippen LogP contribution in [0.3, 0.4) is 0 Å². The normalized spacial score (nSPS) is 25.2. The molecule has 16 heteroatoms. The molecule has 0 aliphatic carbocycles. The summed E-state index contributed by atoms with van der Waals surface area (Å²) in [6.07, 6.45) is -0.368. The standard InChI is InChI=1S/C20H22N6O9S/c1-20(2)34-14-12(6-32-36(30,31)25-18(29)9-3-4-10(27)11(28)5-9)33-19(15(14)35-20)26-8-24-13-16(21)22-7-23-17(13)26/h3-5,7-8,12,14-15,19,27-28H,6H2,1-2H3,(H,25,29)(H2,21,22,23)/t12-,14-,15-,19-/m1/s1. The molecule has 2 fully saturated rings. The van der Waals surface area contributed by atoms with Crippen LogP contribution in [-0.2, 0) is 28.7 Å². The summed E-state index contributed by atoms with van der Waals surface area (Å²) in [5.41, 5.74) is 6.41. The van der Waals surface area contributed by atoms with Gasteiger partial charge in [0.25, 0.3) is 5.91 Å². The number of ether oxygens (including phenoxy) is 3. The number of nitrogen functional groups attached to an aromatic ring is 1. The molecule has 0 bridgehead atoms. The molecular weight excluding hydrogens is 500 g/mol. The molecule has 4 heterocycles. The van der Waals surface area contributed by atoms with E-state index in [0.717, 1.165) is 18.2 Å². The summed E-state index contributed by atoms with van der Waals surface area (Å²) in [7, 11) is -4.58. The lowest BCUT2D eigenvalue weighted by Crippen LogP contribution is -2.37. The Morgan fingerprint density at radius 1 is 1.19 bits per heavy atom. The van der Waals surface area contributed by atoms with E-state index < -0.39 is 64.6 Å². The zero-order valence-electron chi connectivity index (χ0n) is 18.9. The monoisotopic (exact) mass is 522 g/mol. The number of carbonyl (C=O) groups is 1. The molecule has 1 amide bonds. The van der Waals surface area contributed by atoms with E-state index in [4.69, 9.17) is 24.1 Å². The first-order valence-corrected chi connectivity index (χ1v) is 12.0. The van der Waals surface area contributed by atoms with Crippen LogP contribution in [0.1, 0.15) is 30.4 Å². The third-order valence-electron chi connectivity index (χ3n) is 5.63. The van der Waals surface area contributed by atoms with Crippen molar-refractivity contribution in [3.8, 4) is 11.5 Å². The third kappa shape index (κ3) is 4.40. The number of nitrogens with one attached hydrogen (secondary N) is 1. The molecule has 5 N–H and O–H groups in total. The zero-order chi connectivity index (χ0) is 25.8. The minimum atomic E-state index is -4.58. The smallest absolute Gasteiger partial charge is 0.362 e. The van der Waals surface area contributed by atoms with Gasteiger partial charge in [0.05, 0.1) is 12.9 Å². The van der Waals surface area contributed by atoms with Crippen molar-refractivity contribution < 1.29 is 41.8 Å². The molecule has 2 aromatic heterocycles. The van der Waals surface area contributed by atoms with E-state index in [2.05, 4.69) is 15.0 Å². The van der Waals surface area contributed by atoms with Crippen LogP contribution in [0.2, 0.25) is 0 Å². The fraction of sp³-hybridized carbons (Fsp3) is 0.400. The van der Waals surface area contributed by atoms with Gasteiger partial charge in [0.2, 0.25) is 0 Å². The van der Waals surface area contributed by atoms with Gasteiger partial charge < -0.3 is 30.2 Å². The molecular formula is C20H22N6O9S. The lowest BCUT2D eigenvalue weighted by atomic mass is 10.1. The molecule has 2 aliphatic heterocycles. The number of rotatable bonds is 6. The van der Waals surface area contributed by atoms with Crippen molar-refractivity contribution in [1.82, 2.24) is 24.2 Å². The fourth-order valence-electron chi connectivity index (χ4n) is 4.10. The molecule has 36 heavy (non-hydrogen) atoms. The Balaban J connectivity index is 1.32. The Kier molecular flexibility index (Phi) is 5.72. The highest BCUT2D eigenvalue weighted by Gasteiger charge is 2.56. The quantitative estimate of drug-likeness (QED) is 0.313. The van der Waals surface area contributed by atoms with E-state index in [1.54, 1.807) is 23.1 Å². The van der Waals surface area contributed by atoms with Crippen molar-refractivity contribution in [2.24, 2.45) is 0 Å². The van der Waals surface area contributed by atoms with Gasteiger partial charge in [-0.05, 0) is 32.0 Å². The van der Waals surface area contributed by atoms with E-state index in [0.29, 0.717) is 11.2 Å². The van der Waals surface area contributed by atoms with Crippen LogP contribution < -0.4 is 10.5 Å². The average Bonchev–Trinajstić information content (AvgIpc) is 3.45. The van der Waals surface area contributed by atoms with Gasteiger partial charge in [-0.25, -0.2) is 19.7 Å². The van der Waals surface area contributed by atoms with E-state index in [9.17, 15) is 23.4 Å². The molecule has 0 spiro atoms. The number of nitrogens with two attached hydrogens (primary N) is 1. The van der Waals surface area contributed by atoms with Crippen LogP contribution in [0.15, 0.2) is 30.9 Å². The highest BCUT2D eigenvalue weighted by Crippen LogP contribution is 2.44. The maximum atomic E-state index is 12.4. The van der Waals surface area contributed by atoms with Gasteiger partial charge in [-0.2, -0.15) is 8.42 Å².